The maximum atomic E-state index is 11.3. The molecule has 0 radical (unpaired) electrons. The first-order valence-corrected chi connectivity index (χ1v) is 9.60. The van der Waals surface area contributed by atoms with Crippen LogP contribution in [-0.4, -0.2) is 33.1 Å². The largest absolute Gasteiger partial charge is 0.547 e. The predicted octanol–water partition coefficient (Wildman–Crippen LogP) is 2.38. The molecular weight excluding hydrogens is 248 g/mol. The first kappa shape index (κ1) is 13.4. The number of hydrogen-bond acceptors (Lipinski definition) is 4. The predicted molar refractivity (Wildman–Crippen MR) is 70.5 cm³/mol. The number of carbonyl (C=O) groups is 1. The Morgan fingerprint density at radius 1 is 1.44 bits per heavy atom. The molecule has 4 nitrogen and oxygen atoms in total. The molecule has 0 aromatic carbocycles. The second-order valence-corrected chi connectivity index (χ2v) is 10.1. The summed E-state index contributed by atoms with van der Waals surface area (Å²) in [5.74, 6) is 0.669. The average Bonchev–Trinajstić information content (AvgIpc) is 2.62. The van der Waals surface area contributed by atoms with Crippen LogP contribution in [0.3, 0.4) is 0 Å². The molecular formula is C13H20O4Si. The molecule has 100 valence electrons. The summed E-state index contributed by atoms with van der Waals surface area (Å²) in [6, 6.07) is 0. The number of carbonyl (C=O) groups excluding carboxylic acids is 1. The molecule has 2 aliphatic rings. The Labute approximate surface area is 109 Å². The van der Waals surface area contributed by atoms with Gasteiger partial charge in [-0.05, 0) is 31.8 Å². The summed E-state index contributed by atoms with van der Waals surface area (Å²) in [5.41, 5.74) is -0.627. The van der Waals surface area contributed by atoms with Crippen molar-refractivity contribution < 1.29 is 18.7 Å². The summed E-state index contributed by atoms with van der Waals surface area (Å²) >= 11 is 0. The van der Waals surface area contributed by atoms with Crippen LogP contribution in [0.2, 0.25) is 19.6 Å². The standard InChI is InChI=1S/C13H20O4Si/c1-15-11-9-10(17-18(2,3)4)5-7-13(11)8-6-12(14)16-13/h6,8-9,11H,5,7H2,1-4H3/t11-,13+/m1/s1. The molecule has 1 spiro atoms. The second kappa shape index (κ2) is 4.55. The molecule has 0 saturated carbocycles. The van der Waals surface area contributed by atoms with E-state index >= 15 is 0 Å². The number of rotatable bonds is 3. The van der Waals surface area contributed by atoms with Crippen molar-refractivity contribution in [1.29, 1.82) is 0 Å². The van der Waals surface area contributed by atoms with Gasteiger partial charge >= 0.3 is 5.97 Å². The van der Waals surface area contributed by atoms with Crippen LogP contribution < -0.4 is 0 Å². The molecule has 0 unspecified atom stereocenters. The van der Waals surface area contributed by atoms with E-state index in [-0.39, 0.29) is 12.1 Å². The molecule has 1 aliphatic carbocycles. The lowest BCUT2D eigenvalue weighted by molar-refractivity contribution is -0.155. The van der Waals surface area contributed by atoms with E-state index in [1.807, 2.05) is 12.2 Å². The molecule has 0 saturated heterocycles. The van der Waals surface area contributed by atoms with Crippen LogP contribution in [0.1, 0.15) is 12.8 Å². The van der Waals surface area contributed by atoms with Gasteiger partial charge in [-0.25, -0.2) is 4.79 Å². The van der Waals surface area contributed by atoms with Gasteiger partial charge in [-0.15, -0.1) is 0 Å². The molecule has 0 fully saturated rings. The van der Waals surface area contributed by atoms with Crippen molar-refractivity contribution in [2.75, 3.05) is 7.11 Å². The Bertz CT molecular complexity index is 408. The molecule has 1 aliphatic heterocycles. The van der Waals surface area contributed by atoms with E-state index in [1.54, 1.807) is 7.11 Å². The zero-order chi connectivity index (χ0) is 13.4. The quantitative estimate of drug-likeness (QED) is 0.582. The van der Waals surface area contributed by atoms with Crippen molar-refractivity contribution in [3.05, 3.63) is 24.0 Å². The fourth-order valence-corrected chi connectivity index (χ4v) is 3.31. The minimum absolute atomic E-state index is 0.264. The number of esters is 1. The lowest BCUT2D eigenvalue weighted by atomic mass is 9.86. The Morgan fingerprint density at radius 3 is 2.67 bits per heavy atom. The summed E-state index contributed by atoms with van der Waals surface area (Å²) < 4.78 is 16.9. The van der Waals surface area contributed by atoms with Gasteiger partial charge in [0.2, 0.25) is 8.32 Å². The summed E-state index contributed by atoms with van der Waals surface area (Å²) in [6.45, 7) is 6.45. The van der Waals surface area contributed by atoms with Crippen molar-refractivity contribution in [1.82, 2.24) is 0 Å². The fraction of sp³-hybridized carbons (Fsp3) is 0.615. The van der Waals surface area contributed by atoms with Gasteiger partial charge < -0.3 is 13.9 Å². The molecule has 0 aromatic rings. The zero-order valence-electron chi connectivity index (χ0n) is 11.4. The number of hydrogen-bond donors (Lipinski definition) is 0. The Balaban J connectivity index is 2.17. The molecule has 0 amide bonds. The Hall–Kier alpha value is -1.07. The van der Waals surface area contributed by atoms with Crippen molar-refractivity contribution in [3.63, 3.8) is 0 Å². The van der Waals surface area contributed by atoms with Crippen LogP contribution in [0.4, 0.5) is 0 Å². The zero-order valence-corrected chi connectivity index (χ0v) is 12.4. The van der Waals surface area contributed by atoms with Crippen LogP contribution in [-0.2, 0) is 18.7 Å². The van der Waals surface area contributed by atoms with Crippen LogP contribution in [0.15, 0.2) is 24.0 Å². The second-order valence-electron chi connectivity index (χ2n) is 5.71. The monoisotopic (exact) mass is 268 g/mol. The van der Waals surface area contributed by atoms with Gasteiger partial charge in [-0.3, -0.25) is 0 Å². The van der Waals surface area contributed by atoms with E-state index in [4.69, 9.17) is 13.9 Å². The third kappa shape index (κ3) is 2.67. The Kier molecular flexibility index (Phi) is 3.38. The van der Waals surface area contributed by atoms with Crippen LogP contribution in [0, 0.1) is 0 Å². The Morgan fingerprint density at radius 2 is 2.17 bits per heavy atom. The lowest BCUT2D eigenvalue weighted by Crippen LogP contribution is -2.45. The molecule has 18 heavy (non-hydrogen) atoms. The van der Waals surface area contributed by atoms with Gasteiger partial charge in [0.05, 0.1) is 5.76 Å². The van der Waals surface area contributed by atoms with Crippen molar-refractivity contribution in [3.8, 4) is 0 Å². The van der Waals surface area contributed by atoms with Crippen LogP contribution >= 0.6 is 0 Å². The highest BCUT2D eigenvalue weighted by molar-refractivity contribution is 6.70. The topological polar surface area (TPSA) is 44.8 Å². The average molecular weight is 268 g/mol. The molecule has 2 rings (SSSR count). The van der Waals surface area contributed by atoms with Gasteiger partial charge in [0.15, 0.2) is 5.60 Å². The summed E-state index contributed by atoms with van der Waals surface area (Å²) in [7, 11) is 0.0242. The normalized spacial score (nSPS) is 31.4. The molecule has 2 atom stereocenters. The minimum Gasteiger partial charge on any atom is -0.547 e. The molecule has 0 bridgehead atoms. The van der Waals surface area contributed by atoms with E-state index in [0.717, 1.165) is 12.2 Å². The smallest absolute Gasteiger partial charge is 0.331 e. The van der Waals surface area contributed by atoms with E-state index in [9.17, 15) is 4.79 Å². The molecule has 5 heteroatoms. The molecule has 0 aromatic heterocycles. The van der Waals surface area contributed by atoms with Gasteiger partial charge in [-0.2, -0.15) is 0 Å². The van der Waals surface area contributed by atoms with Crippen molar-refractivity contribution in [2.45, 2.75) is 44.2 Å². The highest BCUT2D eigenvalue weighted by Gasteiger charge is 2.45. The highest BCUT2D eigenvalue weighted by Crippen LogP contribution is 2.38. The van der Waals surface area contributed by atoms with E-state index in [0.29, 0.717) is 6.42 Å². The fourth-order valence-electron chi connectivity index (χ4n) is 2.35. The van der Waals surface area contributed by atoms with Crippen molar-refractivity contribution in [2.24, 2.45) is 0 Å². The maximum absolute atomic E-state index is 11.3. The molecule has 1 heterocycles. The highest BCUT2D eigenvalue weighted by atomic mass is 28.4. The van der Waals surface area contributed by atoms with Crippen LogP contribution in [0.5, 0.6) is 0 Å². The number of methoxy groups -OCH3 is 1. The van der Waals surface area contributed by atoms with Crippen LogP contribution in [0.25, 0.3) is 0 Å². The third-order valence-corrected chi connectivity index (χ3v) is 3.94. The first-order valence-electron chi connectivity index (χ1n) is 6.19. The third-order valence-electron chi connectivity index (χ3n) is 3.06. The van der Waals surface area contributed by atoms with Gasteiger partial charge in [0, 0.05) is 26.0 Å². The lowest BCUT2D eigenvalue weighted by Gasteiger charge is -2.37. The summed E-state index contributed by atoms with van der Waals surface area (Å²) in [6.07, 6.45) is 6.46. The SMILES string of the molecule is CO[C@@H]1C=C(O[Si](C)(C)C)CC[C@]12C=CC(=O)O2. The minimum atomic E-state index is -1.60. The first-order chi connectivity index (χ1) is 8.35. The van der Waals surface area contributed by atoms with E-state index < -0.39 is 13.9 Å². The summed E-state index contributed by atoms with van der Waals surface area (Å²) in [4.78, 5) is 11.3. The maximum Gasteiger partial charge on any atom is 0.331 e. The number of ether oxygens (including phenoxy) is 2. The van der Waals surface area contributed by atoms with E-state index in [2.05, 4.69) is 19.6 Å². The van der Waals surface area contributed by atoms with Gasteiger partial charge in [0.1, 0.15) is 6.10 Å². The number of allylic oxidation sites excluding steroid dienone is 1. The van der Waals surface area contributed by atoms with Gasteiger partial charge in [0.25, 0.3) is 0 Å². The van der Waals surface area contributed by atoms with Crippen molar-refractivity contribution >= 4 is 14.3 Å². The van der Waals surface area contributed by atoms with E-state index in [1.165, 1.54) is 6.08 Å². The molecule has 0 N–H and O–H groups in total. The van der Waals surface area contributed by atoms with Gasteiger partial charge in [-0.1, -0.05) is 0 Å². The summed E-state index contributed by atoms with van der Waals surface area (Å²) in [5, 5.41) is 0.